The molecule has 0 saturated heterocycles. The minimum atomic E-state index is 0.0504. The molecule has 0 spiro atoms. The van der Waals surface area contributed by atoms with Gasteiger partial charge < -0.3 is 4.90 Å². The quantitative estimate of drug-likeness (QED) is 0.720. The molecule has 1 heterocycles. The molecule has 5 heteroatoms. The summed E-state index contributed by atoms with van der Waals surface area (Å²) in [6.45, 7) is 1.93. The van der Waals surface area contributed by atoms with Gasteiger partial charge in [-0.05, 0) is 30.7 Å². The molecule has 0 aliphatic heterocycles. The molecule has 1 amide bonds. The molecular weight excluding hydrogens is 334 g/mol. The Morgan fingerprint density at radius 3 is 2.72 bits per heavy atom. The maximum atomic E-state index is 12.5. The minimum absolute atomic E-state index is 0.0504. The van der Waals surface area contributed by atoms with E-state index >= 15 is 0 Å². The summed E-state index contributed by atoms with van der Waals surface area (Å²) in [5.74, 6) is 0.0504. The molecule has 2 atom stereocenters. The average molecular weight is 351 g/mol. The fourth-order valence-electron chi connectivity index (χ4n) is 2.39. The van der Waals surface area contributed by atoms with Gasteiger partial charge in [0.05, 0.1) is 5.02 Å². The van der Waals surface area contributed by atoms with Crippen LogP contribution in [-0.4, -0.2) is 28.7 Å². The van der Waals surface area contributed by atoms with Gasteiger partial charge in [-0.25, -0.2) is 0 Å². The second-order valence-corrected chi connectivity index (χ2v) is 7.28. The molecule has 0 aromatic carbocycles. The number of carbonyl (C=O) groups excluding carboxylic acids is 1. The largest absolute Gasteiger partial charge is 0.337 e. The van der Waals surface area contributed by atoms with E-state index < -0.39 is 0 Å². The smallest absolute Gasteiger partial charge is 0.265 e. The number of hydrogen-bond donors (Lipinski definition) is 0. The summed E-state index contributed by atoms with van der Waals surface area (Å²) in [6.07, 6.45) is 4.65. The molecule has 2 nitrogen and oxygen atoms in total. The van der Waals surface area contributed by atoms with Crippen LogP contribution in [-0.2, 0) is 0 Å². The first-order chi connectivity index (χ1) is 8.52. The Labute approximate surface area is 125 Å². The number of hydrogen-bond acceptors (Lipinski definition) is 2. The van der Waals surface area contributed by atoms with Crippen molar-refractivity contribution < 1.29 is 4.79 Å². The topological polar surface area (TPSA) is 20.3 Å². The van der Waals surface area contributed by atoms with E-state index in [1.165, 1.54) is 24.2 Å². The van der Waals surface area contributed by atoms with Crippen molar-refractivity contribution in [3.8, 4) is 0 Å². The van der Waals surface area contributed by atoms with Crippen molar-refractivity contribution in [2.24, 2.45) is 0 Å². The highest BCUT2D eigenvalue weighted by Gasteiger charge is 2.30. The predicted molar refractivity (Wildman–Crippen MR) is 81.1 cm³/mol. The van der Waals surface area contributed by atoms with E-state index in [-0.39, 0.29) is 11.9 Å². The van der Waals surface area contributed by atoms with Crippen LogP contribution in [0.25, 0.3) is 0 Å². The number of amides is 1. The van der Waals surface area contributed by atoms with Crippen LogP contribution in [0.2, 0.25) is 5.02 Å². The molecule has 0 bridgehead atoms. The highest BCUT2D eigenvalue weighted by molar-refractivity contribution is 9.09. The van der Waals surface area contributed by atoms with Crippen molar-refractivity contribution in [3.63, 3.8) is 0 Å². The lowest BCUT2D eigenvalue weighted by Crippen LogP contribution is -2.43. The van der Waals surface area contributed by atoms with Gasteiger partial charge in [-0.3, -0.25) is 4.79 Å². The fourth-order valence-corrected chi connectivity index (χ4v) is 4.59. The molecular formula is C13H17BrClNOS. The molecule has 0 N–H and O–H groups in total. The minimum Gasteiger partial charge on any atom is -0.337 e. The Balaban J connectivity index is 2.15. The first-order valence-corrected chi connectivity index (χ1v) is 8.34. The van der Waals surface area contributed by atoms with Crippen LogP contribution in [0.3, 0.4) is 0 Å². The monoisotopic (exact) mass is 349 g/mol. The number of halogens is 2. The van der Waals surface area contributed by atoms with Crippen LogP contribution >= 0.6 is 38.9 Å². The first-order valence-electron chi connectivity index (χ1n) is 6.17. The summed E-state index contributed by atoms with van der Waals surface area (Å²) in [5, 5.41) is 2.55. The maximum Gasteiger partial charge on any atom is 0.265 e. The molecule has 1 aliphatic carbocycles. The molecule has 2 unspecified atom stereocenters. The van der Waals surface area contributed by atoms with Crippen LogP contribution in [0.5, 0.6) is 0 Å². The zero-order valence-corrected chi connectivity index (χ0v) is 13.7. The molecule has 1 aromatic heterocycles. The Kier molecular flexibility index (Phi) is 4.73. The van der Waals surface area contributed by atoms with Crippen LogP contribution in [0, 0.1) is 6.92 Å². The highest BCUT2D eigenvalue weighted by atomic mass is 79.9. The lowest BCUT2D eigenvalue weighted by molar-refractivity contribution is 0.0710. The molecule has 100 valence electrons. The van der Waals surface area contributed by atoms with Gasteiger partial charge in [0.2, 0.25) is 0 Å². The van der Waals surface area contributed by atoms with E-state index in [0.29, 0.717) is 14.7 Å². The number of nitrogens with zero attached hydrogens (tertiary/aromatic N) is 1. The van der Waals surface area contributed by atoms with Gasteiger partial charge in [0, 0.05) is 17.9 Å². The van der Waals surface area contributed by atoms with E-state index in [1.54, 1.807) is 0 Å². The van der Waals surface area contributed by atoms with Crippen molar-refractivity contribution in [2.45, 2.75) is 43.5 Å². The van der Waals surface area contributed by atoms with Crippen LogP contribution in [0.4, 0.5) is 0 Å². The van der Waals surface area contributed by atoms with Crippen LogP contribution in [0.15, 0.2) is 5.38 Å². The molecule has 1 fully saturated rings. The Hall–Kier alpha value is -0.0600. The summed E-state index contributed by atoms with van der Waals surface area (Å²) in [7, 11) is 1.89. The van der Waals surface area contributed by atoms with Gasteiger partial charge in [0.15, 0.2) is 0 Å². The van der Waals surface area contributed by atoms with Crippen molar-refractivity contribution in [1.29, 1.82) is 0 Å². The van der Waals surface area contributed by atoms with Gasteiger partial charge in [-0.15, -0.1) is 11.3 Å². The van der Waals surface area contributed by atoms with Crippen LogP contribution in [0.1, 0.15) is 40.9 Å². The zero-order valence-electron chi connectivity index (χ0n) is 10.6. The van der Waals surface area contributed by atoms with Gasteiger partial charge in [-0.1, -0.05) is 40.4 Å². The van der Waals surface area contributed by atoms with Gasteiger partial charge in [0.25, 0.3) is 5.91 Å². The fraction of sp³-hybridized carbons (Fsp3) is 0.615. The van der Waals surface area contributed by atoms with Crippen molar-refractivity contribution in [1.82, 2.24) is 4.90 Å². The Bertz CT molecular complexity index is 448. The lowest BCUT2D eigenvalue weighted by Gasteiger charge is -2.35. The summed E-state index contributed by atoms with van der Waals surface area (Å²) in [6, 6.07) is 0.282. The normalized spacial score (nSPS) is 24.0. The van der Waals surface area contributed by atoms with E-state index in [1.807, 2.05) is 24.3 Å². The third-order valence-electron chi connectivity index (χ3n) is 3.56. The Morgan fingerprint density at radius 1 is 1.50 bits per heavy atom. The molecule has 18 heavy (non-hydrogen) atoms. The second-order valence-electron chi connectivity index (χ2n) is 4.85. The third-order valence-corrected chi connectivity index (χ3v) is 6.31. The molecule has 1 aliphatic rings. The average Bonchev–Trinajstić information content (AvgIpc) is 2.69. The number of aryl methyl sites for hydroxylation is 1. The van der Waals surface area contributed by atoms with Gasteiger partial charge in [0.1, 0.15) is 4.88 Å². The van der Waals surface area contributed by atoms with E-state index in [9.17, 15) is 4.79 Å². The van der Waals surface area contributed by atoms with Crippen molar-refractivity contribution in [2.75, 3.05) is 7.05 Å². The number of carbonyl (C=O) groups is 1. The number of rotatable bonds is 2. The van der Waals surface area contributed by atoms with E-state index in [0.717, 1.165) is 18.4 Å². The Morgan fingerprint density at radius 2 is 2.17 bits per heavy atom. The lowest BCUT2D eigenvalue weighted by atomic mass is 9.94. The van der Waals surface area contributed by atoms with Crippen LogP contribution < -0.4 is 0 Å². The van der Waals surface area contributed by atoms with Gasteiger partial charge >= 0.3 is 0 Å². The summed E-state index contributed by atoms with van der Waals surface area (Å²) in [4.78, 5) is 15.4. The SMILES string of the molecule is Cc1csc(C(=O)N(C)C2CCCCC2Br)c1Cl. The molecule has 1 saturated carbocycles. The standard InChI is InChI=1S/C13H17BrClNOS/c1-8-7-18-12(11(8)15)13(17)16(2)10-6-4-3-5-9(10)14/h7,9-10H,3-6H2,1-2H3. The van der Waals surface area contributed by atoms with Crippen molar-refractivity contribution >= 4 is 44.8 Å². The maximum absolute atomic E-state index is 12.5. The second kappa shape index (κ2) is 5.93. The third kappa shape index (κ3) is 2.75. The number of alkyl halides is 1. The summed E-state index contributed by atoms with van der Waals surface area (Å²) in [5.41, 5.74) is 0.984. The predicted octanol–water partition coefficient (Wildman–Crippen LogP) is 4.49. The van der Waals surface area contributed by atoms with E-state index in [2.05, 4.69) is 15.9 Å². The van der Waals surface area contributed by atoms with E-state index in [4.69, 9.17) is 11.6 Å². The van der Waals surface area contributed by atoms with Crippen molar-refractivity contribution in [3.05, 3.63) is 20.8 Å². The summed E-state index contributed by atoms with van der Waals surface area (Å²) >= 11 is 11.3. The first kappa shape index (κ1) is 14.4. The molecule has 2 rings (SSSR count). The highest BCUT2D eigenvalue weighted by Crippen LogP contribution is 2.32. The molecule has 0 radical (unpaired) electrons. The number of thiophene rings is 1. The van der Waals surface area contributed by atoms with Gasteiger partial charge in [-0.2, -0.15) is 0 Å². The summed E-state index contributed by atoms with van der Waals surface area (Å²) < 4.78 is 0. The zero-order chi connectivity index (χ0) is 13.3. The molecule has 1 aromatic rings.